The van der Waals surface area contributed by atoms with Gasteiger partial charge in [-0.25, -0.2) is 4.98 Å². The molecule has 0 radical (unpaired) electrons. The Morgan fingerprint density at radius 3 is 2.02 bits per heavy atom. The summed E-state index contributed by atoms with van der Waals surface area (Å²) in [4.78, 5) is 9.84. The molecular weight excluding hydrogens is 685 g/mol. The number of benzene rings is 5. The van der Waals surface area contributed by atoms with Crippen molar-refractivity contribution in [2.75, 3.05) is 16.5 Å². The zero-order valence-corrected chi connectivity index (χ0v) is 34.4. The largest absolute Gasteiger partial charge is 0.457 e. The highest BCUT2D eigenvalue weighted by Gasteiger charge is 2.30. The second kappa shape index (κ2) is 14.8. The van der Waals surface area contributed by atoms with Crippen molar-refractivity contribution in [3.63, 3.8) is 0 Å². The van der Waals surface area contributed by atoms with E-state index >= 15 is 0 Å². The van der Waals surface area contributed by atoms with Gasteiger partial charge < -0.3 is 14.5 Å². The standard InChI is InChI=1S/C51H56N4O/c1-9-35(10-2)36-28-40(54-34-53(46-22-15-16-23-47(46)54)39-19-17-18-37(30-39)50(5,6)7)32-42(29-36)56-41-24-25-44-43-20-13-14-21-45(43)55(48(44)33-41)49-31-38(26-27-52-49)51(8,11-3)12-4/h13-33,35H,9-12,34H2,1-8H3. The van der Waals surface area contributed by atoms with Gasteiger partial charge in [-0.15, -0.1) is 0 Å². The Balaban J connectivity index is 1.21. The first kappa shape index (κ1) is 37.4. The summed E-state index contributed by atoms with van der Waals surface area (Å²) in [5.41, 5.74) is 11.1. The summed E-state index contributed by atoms with van der Waals surface area (Å²) in [7, 11) is 0. The first-order valence-corrected chi connectivity index (χ1v) is 20.6. The molecule has 5 nitrogen and oxygen atoms in total. The van der Waals surface area contributed by atoms with Gasteiger partial charge in [-0.05, 0) is 126 Å². The maximum atomic E-state index is 6.94. The minimum Gasteiger partial charge on any atom is -0.457 e. The molecule has 1 aliphatic heterocycles. The Morgan fingerprint density at radius 2 is 1.30 bits per heavy atom. The Morgan fingerprint density at radius 1 is 0.607 bits per heavy atom. The number of nitrogens with zero attached hydrogens (tertiary/aromatic N) is 4. The normalized spacial score (nSPS) is 13.3. The molecule has 0 bridgehead atoms. The van der Waals surface area contributed by atoms with Crippen molar-refractivity contribution >= 4 is 44.6 Å². The first-order valence-electron chi connectivity index (χ1n) is 20.6. The maximum Gasteiger partial charge on any atom is 0.137 e. The van der Waals surface area contributed by atoms with Crippen molar-refractivity contribution in [3.8, 4) is 17.3 Å². The number of hydrogen-bond acceptors (Lipinski definition) is 4. The minimum absolute atomic E-state index is 0.0638. The van der Waals surface area contributed by atoms with Crippen LogP contribution in [0.4, 0.5) is 22.7 Å². The number of anilines is 4. The highest BCUT2D eigenvalue weighted by molar-refractivity contribution is 6.09. The summed E-state index contributed by atoms with van der Waals surface area (Å²) in [6.07, 6.45) is 6.24. The minimum atomic E-state index is 0.0638. The van der Waals surface area contributed by atoms with E-state index in [2.05, 4.69) is 191 Å². The van der Waals surface area contributed by atoms with Crippen molar-refractivity contribution in [1.29, 1.82) is 0 Å². The van der Waals surface area contributed by atoms with E-state index in [1.807, 2.05) is 6.20 Å². The van der Waals surface area contributed by atoms with Crippen LogP contribution in [0.15, 0.2) is 128 Å². The zero-order chi connectivity index (χ0) is 39.2. The van der Waals surface area contributed by atoms with Gasteiger partial charge in [0.05, 0.1) is 22.4 Å². The Kier molecular flexibility index (Phi) is 9.90. The molecule has 286 valence electrons. The number of fused-ring (bicyclic) bond motifs is 4. The Labute approximate surface area is 333 Å². The molecule has 1 aliphatic rings. The summed E-state index contributed by atoms with van der Waals surface area (Å²) in [5, 5.41) is 2.39. The molecule has 0 saturated heterocycles. The van der Waals surface area contributed by atoms with Gasteiger partial charge in [-0.1, -0.05) is 97.9 Å². The van der Waals surface area contributed by atoms with Crippen LogP contribution < -0.4 is 14.5 Å². The van der Waals surface area contributed by atoms with Crippen LogP contribution in [0, 0.1) is 0 Å². The van der Waals surface area contributed by atoms with E-state index in [0.29, 0.717) is 12.6 Å². The predicted molar refractivity (Wildman–Crippen MR) is 237 cm³/mol. The van der Waals surface area contributed by atoms with Crippen molar-refractivity contribution in [2.24, 2.45) is 0 Å². The average Bonchev–Trinajstić information content (AvgIpc) is 3.77. The molecule has 2 aromatic heterocycles. The molecule has 0 unspecified atom stereocenters. The fourth-order valence-electron chi connectivity index (χ4n) is 8.58. The van der Waals surface area contributed by atoms with Crippen LogP contribution in [0.1, 0.15) is 104 Å². The quantitative estimate of drug-likeness (QED) is 0.132. The maximum absolute atomic E-state index is 6.94. The van der Waals surface area contributed by atoms with Crippen LogP contribution in [0.5, 0.6) is 11.5 Å². The Bertz CT molecular complexity index is 2510. The molecule has 5 heteroatoms. The SMILES string of the molecule is CCC(CC)c1cc(Oc2ccc3c4ccccc4n(-c4cc(C(C)(CC)CC)ccn4)c3c2)cc(N2CN(c3cccc(C(C)(C)C)c3)c3ccccc32)c1. The lowest BCUT2D eigenvalue weighted by Crippen LogP contribution is -2.24. The van der Waals surface area contributed by atoms with Gasteiger partial charge in [-0.2, -0.15) is 0 Å². The van der Waals surface area contributed by atoms with E-state index in [9.17, 15) is 0 Å². The predicted octanol–water partition coefficient (Wildman–Crippen LogP) is 14.5. The summed E-state index contributed by atoms with van der Waals surface area (Å²) in [6, 6.07) is 44.3. The molecule has 8 rings (SSSR count). The second-order valence-electron chi connectivity index (χ2n) is 16.9. The fourth-order valence-corrected chi connectivity index (χ4v) is 8.58. The van der Waals surface area contributed by atoms with Crippen molar-refractivity contribution in [1.82, 2.24) is 9.55 Å². The van der Waals surface area contributed by atoms with Crippen LogP contribution in [-0.2, 0) is 10.8 Å². The first-order chi connectivity index (χ1) is 27.0. The lowest BCUT2D eigenvalue weighted by molar-refractivity contribution is 0.438. The van der Waals surface area contributed by atoms with Crippen LogP contribution in [0.25, 0.3) is 27.6 Å². The molecule has 0 aliphatic carbocycles. The van der Waals surface area contributed by atoms with Crippen LogP contribution in [-0.4, -0.2) is 16.2 Å². The van der Waals surface area contributed by atoms with Crippen LogP contribution in [0.2, 0.25) is 0 Å². The smallest absolute Gasteiger partial charge is 0.137 e. The third-order valence-electron chi connectivity index (χ3n) is 12.6. The van der Waals surface area contributed by atoms with E-state index < -0.39 is 0 Å². The lowest BCUT2D eigenvalue weighted by Gasteiger charge is -2.27. The molecule has 0 fully saturated rings. The lowest BCUT2D eigenvalue weighted by atomic mass is 9.78. The number of para-hydroxylation sites is 3. The van der Waals surface area contributed by atoms with Crippen LogP contribution in [0.3, 0.4) is 0 Å². The molecule has 3 heterocycles. The van der Waals surface area contributed by atoms with Crippen molar-refractivity contribution in [3.05, 3.63) is 144 Å². The van der Waals surface area contributed by atoms with Gasteiger partial charge in [0.2, 0.25) is 0 Å². The highest BCUT2D eigenvalue weighted by Crippen LogP contribution is 2.47. The number of rotatable bonds is 11. The van der Waals surface area contributed by atoms with Gasteiger partial charge >= 0.3 is 0 Å². The average molecular weight is 741 g/mol. The van der Waals surface area contributed by atoms with Gasteiger partial charge in [0.25, 0.3) is 0 Å². The van der Waals surface area contributed by atoms with Gasteiger partial charge in [-0.3, -0.25) is 4.57 Å². The molecule has 7 aromatic rings. The van der Waals surface area contributed by atoms with E-state index in [1.54, 1.807) is 0 Å². The van der Waals surface area contributed by atoms with Crippen molar-refractivity contribution < 1.29 is 4.74 Å². The third kappa shape index (κ3) is 6.72. The molecule has 5 aromatic carbocycles. The number of ether oxygens (including phenoxy) is 1. The van der Waals surface area contributed by atoms with Gasteiger partial charge in [0.15, 0.2) is 0 Å². The molecule has 56 heavy (non-hydrogen) atoms. The summed E-state index contributed by atoms with van der Waals surface area (Å²) >= 11 is 0. The molecule has 0 N–H and O–H groups in total. The second-order valence-corrected chi connectivity index (χ2v) is 16.9. The topological polar surface area (TPSA) is 33.5 Å². The Hall–Kier alpha value is -5.55. The zero-order valence-electron chi connectivity index (χ0n) is 34.4. The number of hydrogen-bond donors (Lipinski definition) is 0. The van der Waals surface area contributed by atoms with E-state index in [1.165, 1.54) is 44.5 Å². The van der Waals surface area contributed by atoms with Gasteiger partial charge in [0, 0.05) is 40.5 Å². The van der Waals surface area contributed by atoms with Gasteiger partial charge in [0.1, 0.15) is 24.0 Å². The summed E-state index contributed by atoms with van der Waals surface area (Å²) < 4.78 is 9.25. The molecular formula is C51H56N4O. The molecule has 0 saturated carbocycles. The van der Waals surface area contributed by atoms with Crippen LogP contribution >= 0.6 is 0 Å². The monoisotopic (exact) mass is 740 g/mol. The summed E-state index contributed by atoms with van der Waals surface area (Å²) in [6.45, 7) is 19.0. The van der Waals surface area contributed by atoms with E-state index in [4.69, 9.17) is 9.72 Å². The molecule has 0 atom stereocenters. The summed E-state index contributed by atoms with van der Waals surface area (Å²) in [5.74, 6) is 3.01. The van der Waals surface area contributed by atoms with Crippen molar-refractivity contribution in [2.45, 2.75) is 97.8 Å². The van der Waals surface area contributed by atoms with E-state index in [-0.39, 0.29) is 10.8 Å². The number of pyridine rings is 1. The third-order valence-corrected chi connectivity index (χ3v) is 12.6. The van der Waals surface area contributed by atoms with E-state index in [0.717, 1.165) is 59.7 Å². The highest BCUT2D eigenvalue weighted by atomic mass is 16.5. The molecule has 0 spiro atoms. The molecule has 0 amide bonds. The number of aromatic nitrogens is 2. The fraction of sp³-hybridized carbons (Fsp3) is 0.314.